The van der Waals surface area contributed by atoms with Crippen LogP contribution in [-0.4, -0.2) is 32.0 Å². The van der Waals surface area contributed by atoms with Gasteiger partial charge >= 0.3 is 6.36 Å². The van der Waals surface area contributed by atoms with Crippen molar-refractivity contribution in [3.8, 4) is 5.75 Å². The number of amides is 1. The third-order valence-electron chi connectivity index (χ3n) is 2.22. The van der Waals surface area contributed by atoms with Crippen molar-refractivity contribution in [2.75, 3.05) is 19.8 Å². The van der Waals surface area contributed by atoms with Crippen LogP contribution in [0.3, 0.4) is 0 Å². The molecule has 0 spiro atoms. The SMILES string of the molecule is NC(=O)COCCNCc1ccc(OC(F)(F)F)c(Br)c1. The van der Waals surface area contributed by atoms with Crippen LogP contribution in [0.25, 0.3) is 0 Å². The monoisotopic (exact) mass is 370 g/mol. The number of hydrogen-bond acceptors (Lipinski definition) is 4. The van der Waals surface area contributed by atoms with Crippen molar-refractivity contribution in [3.05, 3.63) is 28.2 Å². The van der Waals surface area contributed by atoms with Crippen molar-refractivity contribution < 1.29 is 27.4 Å². The number of benzene rings is 1. The number of rotatable bonds is 8. The van der Waals surface area contributed by atoms with Crippen molar-refractivity contribution >= 4 is 21.8 Å². The molecular weight excluding hydrogens is 357 g/mol. The Morgan fingerprint density at radius 3 is 2.67 bits per heavy atom. The molecule has 0 aliphatic heterocycles. The predicted octanol–water partition coefficient (Wildman–Crippen LogP) is 1.94. The first-order valence-corrected chi connectivity index (χ1v) is 6.68. The third-order valence-corrected chi connectivity index (χ3v) is 2.84. The van der Waals surface area contributed by atoms with Crippen LogP contribution < -0.4 is 15.8 Å². The lowest BCUT2D eigenvalue weighted by Crippen LogP contribution is -2.23. The number of carbonyl (C=O) groups excluding carboxylic acids is 1. The second kappa shape index (κ2) is 8.20. The fourth-order valence-electron chi connectivity index (χ4n) is 1.41. The van der Waals surface area contributed by atoms with Gasteiger partial charge in [0, 0.05) is 13.1 Å². The highest BCUT2D eigenvalue weighted by molar-refractivity contribution is 9.10. The van der Waals surface area contributed by atoms with E-state index >= 15 is 0 Å². The van der Waals surface area contributed by atoms with Gasteiger partial charge in [0.15, 0.2) is 0 Å². The van der Waals surface area contributed by atoms with Gasteiger partial charge in [0.25, 0.3) is 0 Å². The van der Waals surface area contributed by atoms with Crippen molar-refractivity contribution in [3.63, 3.8) is 0 Å². The Bertz CT molecular complexity index is 483. The van der Waals surface area contributed by atoms with Crippen LogP contribution in [0, 0.1) is 0 Å². The van der Waals surface area contributed by atoms with E-state index in [1.54, 1.807) is 0 Å². The van der Waals surface area contributed by atoms with Crippen LogP contribution >= 0.6 is 15.9 Å². The van der Waals surface area contributed by atoms with Crippen LogP contribution in [0.2, 0.25) is 0 Å². The molecule has 0 saturated heterocycles. The molecule has 0 atom stereocenters. The van der Waals surface area contributed by atoms with Crippen molar-refractivity contribution in [1.82, 2.24) is 5.32 Å². The summed E-state index contributed by atoms with van der Waals surface area (Å²) in [5.74, 6) is -0.838. The number of carbonyl (C=O) groups is 1. The van der Waals surface area contributed by atoms with E-state index < -0.39 is 12.3 Å². The van der Waals surface area contributed by atoms with E-state index in [1.807, 2.05) is 0 Å². The molecule has 0 aliphatic carbocycles. The minimum absolute atomic E-state index is 0.142. The molecule has 0 unspecified atom stereocenters. The summed E-state index contributed by atoms with van der Waals surface area (Å²) in [5.41, 5.74) is 5.66. The maximum absolute atomic E-state index is 12.1. The molecular formula is C12H14BrF3N2O3. The summed E-state index contributed by atoms with van der Waals surface area (Å²) in [6.07, 6.45) is -4.72. The summed E-state index contributed by atoms with van der Waals surface area (Å²) < 4.78 is 45.3. The highest BCUT2D eigenvalue weighted by Gasteiger charge is 2.31. The smallest absolute Gasteiger partial charge is 0.405 e. The molecule has 9 heteroatoms. The molecule has 0 aliphatic rings. The van der Waals surface area contributed by atoms with Gasteiger partial charge in [0.05, 0.1) is 11.1 Å². The van der Waals surface area contributed by atoms with Gasteiger partial charge in [-0.15, -0.1) is 13.2 Å². The number of hydrogen-bond donors (Lipinski definition) is 2. The first-order chi connectivity index (χ1) is 9.78. The first kappa shape index (κ1) is 17.7. The van der Waals surface area contributed by atoms with Gasteiger partial charge < -0.3 is 20.5 Å². The number of nitrogens with one attached hydrogen (secondary N) is 1. The van der Waals surface area contributed by atoms with Gasteiger partial charge in [-0.25, -0.2) is 0 Å². The minimum atomic E-state index is -4.72. The van der Waals surface area contributed by atoms with E-state index in [0.717, 1.165) is 5.56 Å². The predicted molar refractivity (Wildman–Crippen MR) is 72.5 cm³/mol. The molecule has 1 aromatic carbocycles. The Kier molecular flexibility index (Phi) is 6.93. The normalized spacial score (nSPS) is 11.4. The summed E-state index contributed by atoms with van der Waals surface area (Å²) in [4.78, 5) is 10.4. The molecule has 1 aromatic rings. The van der Waals surface area contributed by atoms with E-state index in [4.69, 9.17) is 10.5 Å². The Labute approximate surface area is 127 Å². The van der Waals surface area contributed by atoms with Gasteiger partial charge in [-0.1, -0.05) is 6.07 Å². The Morgan fingerprint density at radius 2 is 2.10 bits per heavy atom. The fourth-order valence-corrected chi connectivity index (χ4v) is 1.92. The summed E-state index contributed by atoms with van der Waals surface area (Å²) in [7, 11) is 0. The van der Waals surface area contributed by atoms with Gasteiger partial charge in [-0.05, 0) is 33.6 Å². The molecule has 21 heavy (non-hydrogen) atoms. The molecule has 0 fully saturated rings. The van der Waals surface area contributed by atoms with E-state index in [1.165, 1.54) is 18.2 Å². The van der Waals surface area contributed by atoms with Gasteiger partial charge in [-0.2, -0.15) is 0 Å². The zero-order valence-electron chi connectivity index (χ0n) is 10.9. The zero-order valence-corrected chi connectivity index (χ0v) is 12.5. The van der Waals surface area contributed by atoms with Gasteiger partial charge in [0.2, 0.25) is 5.91 Å². The largest absolute Gasteiger partial charge is 0.573 e. The average Bonchev–Trinajstić information content (AvgIpc) is 2.35. The first-order valence-electron chi connectivity index (χ1n) is 5.89. The molecule has 5 nitrogen and oxygen atoms in total. The Balaban J connectivity index is 2.37. The minimum Gasteiger partial charge on any atom is -0.405 e. The van der Waals surface area contributed by atoms with Gasteiger partial charge in [-0.3, -0.25) is 4.79 Å². The van der Waals surface area contributed by atoms with Crippen molar-refractivity contribution in [2.45, 2.75) is 12.9 Å². The molecule has 1 rings (SSSR count). The lowest BCUT2D eigenvalue weighted by molar-refractivity contribution is -0.274. The number of halogens is 4. The van der Waals surface area contributed by atoms with E-state index in [9.17, 15) is 18.0 Å². The summed E-state index contributed by atoms with van der Waals surface area (Å²) in [5, 5.41) is 3.01. The molecule has 0 radical (unpaired) electrons. The van der Waals surface area contributed by atoms with Crippen molar-refractivity contribution in [2.24, 2.45) is 5.73 Å². The fraction of sp³-hybridized carbons (Fsp3) is 0.417. The molecule has 0 bridgehead atoms. The van der Waals surface area contributed by atoms with Crippen LogP contribution in [0.15, 0.2) is 22.7 Å². The zero-order chi connectivity index (χ0) is 15.9. The number of primary amides is 1. The maximum atomic E-state index is 12.1. The lowest BCUT2D eigenvalue weighted by Gasteiger charge is -2.12. The topological polar surface area (TPSA) is 73.6 Å². The molecule has 118 valence electrons. The van der Waals surface area contributed by atoms with E-state index in [-0.39, 0.29) is 16.8 Å². The van der Waals surface area contributed by atoms with Crippen LogP contribution in [0.4, 0.5) is 13.2 Å². The molecule has 1 amide bonds. The number of alkyl halides is 3. The summed E-state index contributed by atoms with van der Waals surface area (Å²) in [6, 6.07) is 4.28. The second-order valence-corrected chi connectivity index (χ2v) is 4.86. The molecule has 0 saturated carbocycles. The Hall–Kier alpha value is -1.32. The number of nitrogens with two attached hydrogens (primary N) is 1. The molecule has 0 heterocycles. The standard InChI is InChI=1S/C12H14BrF3N2O3/c13-9-5-8(1-2-10(9)21-12(14,15)16)6-18-3-4-20-7-11(17)19/h1-2,5,18H,3-4,6-7H2,(H2,17,19). The number of ether oxygens (including phenoxy) is 2. The average molecular weight is 371 g/mol. The maximum Gasteiger partial charge on any atom is 0.573 e. The van der Waals surface area contributed by atoms with Crippen LogP contribution in [-0.2, 0) is 16.1 Å². The molecule has 3 N–H and O–H groups in total. The highest BCUT2D eigenvalue weighted by Crippen LogP contribution is 2.30. The summed E-state index contributed by atoms with van der Waals surface area (Å²) in [6.45, 7) is 1.08. The summed E-state index contributed by atoms with van der Waals surface area (Å²) >= 11 is 3.02. The van der Waals surface area contributed by atoms with Gasteiger partial charge in [0.1, 0.15) is 12.4 Å². The van der Waals surface area contributed by atoms with E-state index in [0.29, 0.717) is 19.7 Å². The second-order valence-electron chi connectivity index (χ2n) is 4.01. The molecule has 0 aromatic heterocycles. The van der Waals surface area contributed by atoms with Crippen molar-refractivity contribution in [1.29, 1.82) is 0 Å². The Morgan fingerprint density at radius 1 is 1.38 bits per heavy atom. The third kappa shape index (κ3) is 7.88. The quantitative estimate of drug-likeness (QED) is 0.685. The van der Waals surface area contributed by atoms with Crippen LogP contribution in [0.5, 0.6) is 5.75 Å². The van der Waals surface area contributed by atoms with E-state index in [2.05, 4.69) is 26.0 Å². The lowest BCUT2D eigenvalue weighted by atomic mass is 10.2. The van der Waals surface area contributed by atoms with Crippen LogP contribution in [0.1, 0.15) is 5.56 Å². The highest BCUT2D eigenvalue weighted by atomic mass is 79.9.